The summed E-state index contributed by atoms with van der Waals surface area (Å²) in [4.78, 5) is 39.7. The molecule has 190 valence electrons. The second kappa shape index (κ2) is 11.4. The largest absolute Gasteiger partial charge is 0.497 e. The van der Waals surface area contributed by atoms with E-state index >= 15 is 0 Å². The van der Waals surface area contributed by atoms with E-state index in [2.05, 4.69) is 5.32 Å². The van der Waals surface area contributed by atoms with Crippen molar-refractivity contribution in [3.63, 3.8) is 0 Å². The van der Waals surface area contributed by atoms with Gasteiger partial charge in [0.2, 0.25) is 0 Å². The Bertz CT molecular complexity index is 1060. The van der Waals surface area contributed by atoms with Crippen LogP contribution in [0.4, 0.5) is 0 Å². The molecular formula is C26H33NO8. The maximum atomic E-state index is 13.8. The number of allylic oxidation sites excluding steroid dienone is 3. The van der Waals surface area contributed by atoms with E-state index in [0.717, 1.165) is 0 Å². The smallest absolute Gasteiger partial charge is 0.336 e. The van der Waals surface area contributed by atoms with Crippen LogP contribution in [0, 0.1) is 11.8 Å². The lowest BCUT2D eigenvalue weighted by Gasteiger charge is -2.38. The number of benzene rings is 1. The lowest BCUT2D eigenvalue weighted by molar-refractivity contribution is -0.151. The number of dihydropyridines is 1. The van der Waals surface area contributed by atoms with Crippen molar-refractivity contribution in [1.82, 2.24) is 5.32 Å². The van der Waals surface area contributed by atoms with Gasteiger partial charge < -0.3 is 29.0 Å². The van der Waals surface area contributed by atoms with Crippen LogP contribution in [-0.2, 0) is 28.6 Å². The van der Waals surface area contributed by atoms with Gasteiger partial charge in [-0.1, -0.05) is 6.92 Å². The highest BCUT2D eigenvalue weighted by Crippen LogP contribution is 2.48. The van der Waals surface area contributed by atoms with Gasteiger partial charge in [0.05, 0.1) is 39.4 Å². The summed E-state index contributed by atoms with van der Waals surface area (Å²) >= 11 is 0. The first-order valence-corrected chi connectivity index (χ1v) is 11.6. The normalized spacial score (nSPS) is 21.8. The van der Waals surface area contributed by atoms with Crippen molar-refractivity contribution in [1.29, 1.82) is 0 Å². The standard InChI is InChI=1S/C26H33NO8/c1-7-34-10-11-35-26(30)21-15(3)27-18-12-14(2)20(25(29)33-6)24(28)23(18)22(21)17-13-16(31-4)8-9-19(17)32-5/h8-9,13-14,20,22,27H,7,10-12H2,1-6H3/t14-,20+,22+/m0/s1. The van der Waals surface area contributed by atoms with E-state index in [9.17, 15) is 14.4 Å². The average molecular weight is 488 g/mol. The summed E-state index contributed by atoms with van der Waals surface area (Å²) in [7, 11) is 4.31. The van der Waals surface area contributed by atoms with E-state index in [0.29, 0.717) is 47.1 Å². The number of ether oxygens (including phenoxy) is 5. The molecule has 0 saturated carbocycles. The number of carbonyl (C=O) groups is 3. The third-order valence-electron chi connectivity index (χ3n) is 6.38. The number of carbonyl (C=O) groups excluding carboxylic acids is 3. The monoisotopic (exact) mass is 487 g/mol. The molecule has 1 aliphatic carbocycles. The van der Waals surface area contributed by atoms with E-state index in [4.69, 9.17) is 23.7 Å². The molecule has 0 unspecified atom stereocenters. The van der Waals surface area contributed by atoms with E-state index in [-0.39, 0.29) is 30.5 Å². The summed E-state index contributed by atoms with van der Waals surface area (Å²) in [6.45, 7) is 6.28. The summed E-state index contributed by atoms with van der Waals surface area (Å²) in [6.07, 6.45) is 0.438. The molecule has 0 spiro atoms. The molecule has 3 rings (SSSR count). The predicted molar refractivity (Wildman–Crippen MR) is 127 cm³/mol. The topological polar surface area (TPSA) is 109 Å². The van der Waals surface area contributed by atoms with Crippen molar-refractivity contribution in [3.05, 3.63) is 46.3 Å². The van der Waals surface area contributed by atoms with Crippen LogP contribution < -0.4 is 14.8 Å². The van der Waals surface area contributed by atoms with E-state index < -0.39 is 23.8 Å². The maximum absolute atomic E-state index is 13.8. The van der Waals surface area contributed by atoms with Crippen molar-refractivity contribution in [3.8, 4) is 11.5 Å². The molecule has 1 heterocycles. The van der Waals surface area contributed by atoms with Crippen LogP contribution in [0.15, 0.2) is 40.7 Å². The Kier molecular flexibility index (Phi) is 8.56. The Morgan fingerprint density at radius 2 is 1.86 bits per heavy atom. The third-order valence-corrected chi connectivity index (χ3v) is 6.38. The summed E-state index contributed by atoms with van der Waals surface area (Å²) in [6, 6.07) is 5.19. The van der Waals surface area contributed by atoms with Crippen molar-refractivity contribution >= 4 is 17.7 Å². The van der Waals surface area contributed by atoms with Crippen LogP contribution in [0.3, 0.4) is 0 Å². The van der Waals surface area contributed by atoms with Gasteiger partial charge in [-0.15, -0.1) is 0 Å². The van der Waals surface area contributed by atoms with E-state index in [1.54, 1.807) is 25.1 Å². The third kappa shape index (κ3) is 5.19. The van der Waals surface area contributed by atoms with Crippen LogP contribution >= 0.6 is 0 Å². The number of esters is 2. The second-order valence-electron chi connectivity index (χ2n) is 8.48. The SMILES string of the molecule is CCOCCOC(=O)C1=C(C)NC2=C(C(=O)[C@H](C(=O)OC)[C@@H](C)C2)[C@@H]1c1cc(OC)ccc1OC. The van der Waals surface area contributed by atoms with Crippen LogP contribution in [0.5, 0.6) is 11.5 Å². The molecule has 2 aliphatic rings. The molecular weight excluding hydrogens is 454 g/mol. The molecule has 1 N–H and O–H groups in total. The highest BCUT2D eigenvalue weighted by molar-refractivity contribution is 6.12. The molecule has 9 nitrogen and oxygen atoms in total. The molecule has 1 aromatic carbocycles. The average Bonchev–Trinajstić information content (AvgIpc) is 2.84. The summed E-state index contributed by atoms with van der Waals surface area (Å²) in [5.74, 6) is -2.66. The number of nitrogens with one attached hydrogen (secondary N) is 1. The van der Waals surface area contributed by atoms with Gasteiger partial charge in [-0.25, -0.2) is 4.79 Å². The number of hydrogen-bond donors (Lipinski definition) is 1. The molecule has 1 aromatic rings. The van der Waals surface area contributed by atoms with Crippen molar-refractivity contribution < 1.29 is 38.1 Å². The molecule has 9 heteroatoms. The molecule has 0 bridgehead atoms. The highest BCUT2D eigenvalue weighted by Gasteiger charge is 2.48. The summed E-state index contributed by atoms with van der Waals surface area (Å²) in [5.41, 5.74) is 2.38. The number of ketones is 1. The molecule has 0 saturated heterocycles. The second-order valence-corrected chi connectivity index (χ2v) is 8.48. The van der Waals surface area contributed by atoms with Gasteiger partial charge in [0.25, 0.3) is 0 Å². The summed E-state index contributed by atoms with van der Waals surface area (Å²) < 4.78 is 26.8. The van der Waals surface area contributed by atoms with E-state index in [1.807, 2.05) is 13.8 Å². The minimum atomic E-state index is -0.978. The van der Waals surface area contributed by atoms with Crippen LogP contribution in [0.1, 0.15) is 38.7 Å². The van der Waals surface area contributed by atoms with Crippen LogP contribution in [-0.4, -0.2) is 58.9 Å². The van der Waals surface area contributed by atoms with E-state index in [1.165, 1.54) is 21.3 Å². The molecule has 0 fully saturated rings. The first-order valence-electron chi connectivity index (χ1n) is 11.6. The fraction of sp³-hybridized carbons (Fsp3) is 0.500. The summed E-state index contributed by atoms with van der Waals surface area (Å²) in [5, 5.41) is 3.24. The maximum Gasteiger partial charge on any atom is 0.336 e. The lowest BCUT2D eigenvalue weighted by atomic mass is 9.69. The Labute approximate surface area is 205 Å². The molecule has 0 aromatic heterocycles. The van der Waals surface area contributed by atoms with Gasteiger partial charge in [0, 0.05) is 29.1 Å². The fourth-order valence-electron chi connectivity index (χ4n) is 4.74. The van der Waals surface area contributed by atoms with Crippen molar-refractivity contribution in [2.75, 3.05) is 41.2 Å². The minimum Gasteiger partial charge on any atom is -0.497 e. The van der Waals surface area contributed by atoms with Crippen LogP contribution in [0.25, 0.3) is 0 Å². The quantitative estimate of drug-likeness (QED) is 0.319. The van der Waals surface area contributed by atoms with Gasteiger partial charge in [-0.05, 0) is 44.4 Å². The number of rotatable bonds is 9. The zero-order chi connectivity index (χ0) is 25.7. The van der Waals surface area contributed by atoms with Gasteiger partial charge in [-0.3, -0.25) is 9.59 Å². The van der Waals surface area contributed by atoms with Crippen LogP contribution in [0.2, 0.25) is 0 Å². The Morgan fingerprint density at radius 1 is 1.11 bits per heavy atom. The minimum absolute atomic E-state index is 0.0626. The fourth-order valence-corrected chi connectivity index (χ4v) is 4.74. The molecule has 0 amide bonds. The van der Waals surface area contributed by atoms with Crippen molar-refractivity contribution in [2.24, 2.45) is 11.8 Å². The Hall–Kier alpha value is -3.33. The first-order chi connectivity index (χ1) is 16.8. The zero-order valence-electron chi connectivity index (χ0n) is 21.1. The number of methoxy groups -OCH3 is 3. The van der Waals surface area contributed by atoms with Gasteiger partial charge in [-0.2, -0.15) is 0 Å². The highest BCUT2D eigenvalue weighted by atomic mass is 16.6. The van der Waals surface area contributed by atoms with Crippen molar-refractivity contribution in [2.45, 2.75) is 33.1 Å². The molecule has 1 aliphatic heterocycles. The number of hydrogen-bond acceptors (Lipinski definition) is 9. The number of Topliss-reactive ketones (excluding diaryl/α,β-unsaturated/α-hetero) is 1. The van der Waals surface area contributed by atoms with Gasteiger partial charge >= 0.3 is 11.9 Å². The Morgan fingerprint density at radius 3 is 2.49 bits per heavy atom. The first kappa shape index (κ1) is 26.3. The lowest BCUT2D eigenvalue weighted by Crippen LogP contribution is -2.43. The molecule has 3 atom stereocenters. The van der Waals surface area contributed by atoms with Gasteiger partial charge in [0.15, 0.2) is 5.78 Å². The Balaban J connectivity index is 2.17. The zero-order valence-corrected chi connectivity index (χ0v) is 21.1. The van der Waals surface area contributed by atoms with Gasteiger partial charge in [0.1, 0.15) is 24.0 Å². The predicted octanol–water partition coefficient (Wildman–Crippen LogP) is 2.90. The molecule has 0 radical (unpaired) electrons. The molecule has 35 heavy (non-hydrogen) atoms.